The number of nitrogens with zero attached hydrogens (tertiary/aromatic N) is 1. The van der Waals surface area contributed by atoms with Gasteiger partial charge in [-0.2, -0.15) is 0 Å². The van der Waals surface area contributed by atoms with Crippen LogP contribution in [0.2, 0.25) is 0 Å². The lowest BCUT2D eigenvalue weighted by Crippen LogP contribution is -2.10. The van der Waals surface area contributed by atoms with Gasteiger partial charge in [-0.25, -0.2) is 4.98 Å². The van der Waals surface area contributed by atoms with E-state index in [9.17, 15) is 0 Å². The van der Waals surface area contributed by atoms with Crippen molar-refractivity contribution < 1.29 is 0 Å². The van der Waals surface area contributed by atoms with Gasteiger partial charge >= 0.3 is 0 Å². The van der Waals surface area contributed by atoms with Crippen molar-refractivity contribution in [3.63, 3.8) is 0 Å². The molecule has 2 N–H and O–H groups in total. The molecule has 78 valence electrons. The van der Waals surface area contributed by atoms with E-state index >= 15 is 0 Å². The summed E-state index contributed by atoms with van der Waals surface area (Å²) >= 11 is 3.35. The number of nitrogens with two attached hydrogens (primary N) is 1. The van der Waals surface area contributed by atoms with Gasteiger partial charge in [-0.3, -0.25) is 0 Å². The zero-order chi connectivity index (χ0) is 10.4. The number of pyridine rings is 1. The summed E-state index contributed by atoms with van der Waals surface area (Å²) < 4.78 is 0.862. The molecule has 0 unspecified atom stereocenters. The first-order valence-electron chi connectivity index (χ1n) is 5.11. The third-order valence-electron chi connectivity index (χ3n) is 2.30. The Hall–Kier alpha value is -0.410. The molecule has 0 aromatic carbocycles. The number of unbranched alkanes of at least 4 members (excludes halogenated alkanes) is 2. The van der Waals surface area contributed by atoms with Gasteiger partial charge in [-0.05, 0) is 40.0 Å². The van der Waals surface area contributed by atoms with Crippen LogP contribution in [0, 0.1) is 0 Å². The van der Waals surface area contributed by atoms with Gasteiger partial charge in [-0.1, -0.05) is 26.2 Å². The lowest BCUT2D eigenvalue weighted by Gasteiger charge is -2.11. The van der Waals surface area contributed by atoms with E-state index in [0.29, 0.717) is 0 Å². The molecule has 1 aromatic rings. The molecule has 0 saturated heterocycles. The van der Waals surface area contributed by atoms with E-state index in [1.165, 1.54) is 24.8 Å². The van der Waals surface area contributed by atoms with Crippen molar-refractivity contribution in [2.75, 3.05) is 0 Å². The Balaban J connectivity index is 2.47. The highest BCUT2D eigenvalue weighted by molar-refractivity contribution is 9.10. The molecule has 0 aliphatic rings. The van der Waals surface area contributed by atoms with Crippen molar-refractivity contribution in [3.05, 3.63) is 28.5 Å². The second kappa shape index (κ2) is 6.14. The number of aromatic nitrogens is 1. The predicted molar refractivity (Wildman–Crippen MR) is 63.0 cm³/mol. The van der Waals surface area contributed by atoms with Gasteiger partial charge in [0.15, 0.2) is 0 Å². The van der Waals surface area contributed by atoms with Gasteiger partial charge in [0.1, 0.15) is 4.60 Å². The Morgan fingerprint density at radius 1 is 1.50 bits per heavy atom. The van der Waals surface area contributed by atoms with Crippen LogP contribution in [0.1, 0.15) is 44.2 Å². The van der Waals surface area contributed by atoms with Gasteiger partial charge < -0.3 is 5.73 Å². The Morgan fingerprint density at radius 2 is 2.29 bits per heavy atom. The van der Waals surface area contributed by atoms with Gasteiger partial charge in [0, 0.05) is 12.2 Å². The van der Waals surface area contributed by atoms with Crippen LogP contribution in [-0.2, 0) is 0 Å². The van der Waals surface area contributed by atoms with Crippen LogP contribution >= 0.6 is 15.9 Å². The average Bonchev–Trinajstić information content (AvgIpc) is 2.18. The molecule has 0 spiro atoms. The smallest absolute Gasteiger partial charge is 0.106 e. The summed E-state index contributed by atoms with van der Waals surface area (Å²) in [4.78, 5) is 4.08. The lowest BCUT2D eigenvalue weighted by atomic mass is 10.0. The molecule has 0 aliphatic carbocycles. The first-order chi connectivity index (χ1) is 6.74. The average molecular weight is 257 g/mol. The largest absolute Gasteiger partial charge is 0.324 e. The third kappa shape index (κ3) is 3.76. The summed E-state index contributed by atoms with van der Waals surface area (Å²) in [6.45, 7) is 2.20. The van der Waals surface area contributed by atoms with E-state index in [-0.39, 0.29) is 6.04 Å². The Morgan fingerprint density at radius 3 is 2.93 bits per heavy atom. The first kappa shape index (κ1) is 11.7. The van der Waals surface area contributed by atoms with Gasteiger partial charge in [0.05, 0.1) is 0 Å². The van der Waals surface area contributed by atoms with Gasteiger partial charge in [-0.15, -0.1) is 0 Å². The maximum Gasteiger partial charge on any atom is 0.106 e. The van der Waals surface area contributed by atoms with Crippen molar-refractivity contribution >= 4 is 15.9 Å². The van der Waals surface area contributed by atoms with Crippen LogP contribution in [0.15, 0.2) is 22.9 Å². The van der Waals surface area contributed by atoms with Crippen LogP contribution in [0.4, 0.5) is 0 Å². The fourth-order valence-electron chi connectivity index (χ4n) is 1.43. The Bertz CT molecular complexity index is 276. The highest BCUT2D eigenvalue weighted by atomic mass is 79.9. The van der Waals surface area contributed by atoms with Crippen LogP contribution in [0.25, 0.3) is 0 Å². The molecule has 14 heavy (non-hydrogen) atoms. The minimum Gasteiger partial charge on any atom is -0.324 e. The summed E-state index contributed by atoms with van der Waals surface area (Å²) in [5, 5.41) is 0. The molecular formula is C11H17BrN2. The molecule has 1 heterocycles. The van der Waals surface area contributed by atoms with Crippen LogP contribution in [-0.4, -0.2) is 4.98 Å². The highest BCUT2D eigenvalue weighted by Gasteiger charge is 2.05. The Kier molecular flexibility index (Phi) is 5.12. The monoisotopic (exact) mass is 256 g/mol. The van der Waals surface area contributed by atoms with Crippen molar-refractivity contribution in [2.24, 2.45) is 5.73 Å². The number of hydrogen-bond acceptors (Lipinski definition) is 2. The fraction of sp³-hybridized carbons (Fsp3) is 0.545. The van der Waals surface area contributed by atoms with Crippen molar-refractivity contribution in [1.82, 2.24) is 4.98 Å². The topological polar surface area (TPSA) is 38.9 Å². The molecule has 3 heteroatoms. The molecule has 1 atom stereocenters. The molecule has 0 saturated carbocycles. The molecule has 0 fully saturated rings. The molecule has 1 aromatic heterocycles. The molecule has 0 aliphatic heterocycles. The third-order valence-corrected chi connectivity index (χ3v) is 2.73. The van der Waals surface area contributed by atoms with Crippen LogP contribution < -0.4 is 5.73 Å². The van der Waals surface area contributed by atoms with Crippen LogP contribution in [0.5, 0.6) is 0 Å². The summed E-state index contributed by atoms with van der Waals surface area (Å²) in [5.41, 5.74) is 7.23. The van der Waals surface area contributed by atoms with Gasteiger partial charge in [0.25, 0.3) is 0 Å². The number of halogens is 1. The first-order valence-corrected chi connectivity index (χ1v) is 5.90. The minimum atomic E-state index is 0.154. The van der Waals surface area contributed by atoms with E-state index in [2.05, 4.69) is 27.8 Å². The molecule has 0 bridgehead atoms. The predicted octanol–water partition coefficient (Wildman–Crippen LogP) is 3.42. The maximum atomic E-state index is 6.06. The second-order valence-electron chi connectivity index (χ2n) is 3.51. The molecule has 2 nitrogen and oxygen atoms in total. The van der Waals surface area contributed by atoms with Crippen molar-refractivity contribution in [2.45, 2.75) is 38.6 Å². The van der Waals surface area contributed by atoms with E-state index < -0.39 is 0 Å². The Labute approximate surface area is 94.0 Å². The van der Waals surface area contributed by atoms with E-state index in [0.717, 1.165) is 11.0 Å². The van der Waals surface area contributed by atoms with E-state index in [4.69, 9.17) is 5.73 Å². The summed E-state index contributed by atoms with van der Waals surface area (Å²) in [5.74, 6) is 0. The number of rotatable bonds is 5. The molecular weight excluding hydrogens is 240 g/mol. The normalized spacial score (nSPS) is 12.8. The lowest BCUT2D eigenvalue weighted by molar-refractivity contribution is 0.580. The molecule has 0 amide bonds. The van der Waals surface area contributed by atoms with Crippen molar-refractivity contribution in [3.8, 4) is 0 Å². The SMILES string of the molecule is CCCCC[C@@H](N)c1ccnc(Br)c1. The molecule has 0 radical (unpaired) electrons. The zero-order valence-corrected chi connectivity index (χ0v) is 10.1. The van der Waals surface area contributed by atoms with E-state index in [1.807, 2.05) is 12.1 Å². The summed E-state index contributed by atoms with van der Waals surface area (Å²) in [6.07, 6.45) is 6.56. The number of hydrogen-bond donors (Lipinski definition) is 1. The van der Waals surface area contributed by atoms with Crippen molar-refractivity contribution in [1.29, 1.82) is 0 Å². The summed E-state index contributed by atoms with van der Waals surface area (Å²) in [7, 11) is 0. The quantitative estimate of drug-likeness (QED) is 0.648. The maximum absolute atomic E-state index is 6.06. The highest BCUT2D eigenvalue weighted by Crippen LogP contribution is 2.19. The van der Waals surface area contributed by atoms with E-state index in [1.54, 1.807) is 6.20 Å². The zero-order valence-electron chi connectivity index (χ0n) is 8.54. The van der Waals surface area contributed by atoms with Crippen LogP contribution in [0.3, 0.4) is 0 Å². The fourth-order valence-corrected chi connectivity index (χ4v) is 1.81. The minimum absolute atomic E-state index is 0.154. The summed E-state index contributed by atoms with van der Waals surface area (Å²) in [6, 6.07) is 4.14. The van der Waals surface area contributed by atoms with Gasteiger partial charge in [0.2, 0.25) is 0 Å². The standard InChI is InChI=1S/C11H17BrN2/c1-2-3-4-5-10(13)9-6-7-14-11(12)8-9/h6-8,10H,2-5,13H2,1H3/t10-/m1/s1. The molecule has 1 rings (SSSR count). The second-order valence-corrected chi connectivity index (χ2v) is 4.33.